The number of thiol groups is 1. The van der Waals surface area contributed by atoms with Crippen LogP contribution in [0.1, 0.15) is 50.4 Å². The average Bonchev–Trinajstić information content (AvgIpc) is 3.03. The van der Waals surface area contributed by atoms with Gasteiger partial charge in [-0.05, 0) is 38.0 Å². The number of amides is 2. The topological polar surface area (TPSA) is 74.0 Å². The van der Waals surface area contributed by atoms with Gasteiger partial charge in [-0.15, -0.1) is 12.6 Å². The molecule has 1 aromatic heterocycles. The average molecular weight is 394 g/mol. The molecule has 0 bridgehead atoms. The Morgan fingerprint density at radius 3 is 2.32 bits per heavy atom. The normalized spacial score (nSPS) is 11.7. The molecule has 2 amide bonds. The van der Waals surface area contributed by atoms with E-state index in [0.29, 0.717) is 21.8 Å². The van der Waals surface area contributed by atoms with Crippen molar-refractivity contribution in [1.29, 1.82) is 0 Å². The van der Waals surface area contributed by atoms with Gasteiger partial charge < -0.3 is 15.6 Å². The lowest BCUT2D eigenvalue weighted by Crippen LogP contribution is -2.26. The smallest absolute Gasteiger partial charge is 0.257 e. The number of nitrogens with one attached hydrogen (secondary N) is 3. The Balaban J connectivity index is 1.71. The van der Waals surface area contributed by atoms with Gasteiger partial charge in [0.1, 0.15) is 5.82 Å². The first kappa shape index (κ1) is 19.8. The number of rotatable bonds is 5. The Morgan fingerprint density at radius 2 is 1.64 bits per heavy atom. The molecule has 2 aromatic carbocycles. The lowest BCUT2D eigenvalue weighted by molar-refractivity contribution is 0.0936. The van der Waals surface area contributed by atoms with Crippen LogP contribution in [-0.4, -0.2) is 16.8 Å². The third-order valence-electron chi connectivity index (χ3n) is 4.65. The molecule has 3 rings (SSSR count). The van der Waals surface area contributed by atoms with Crippen LogP contribution in [0.3, 0.4) is 0 Å². The Bertz CT molecular complexity index is 1010. The van der Waals surface area contributed by atoms with Crippen LogP contribution >= 0.6 is 12.6 Å². The van der Waals surface area contributed by atoms with Crippen LogP contribution in [0, 0.1) is 13.8 Å². The summed E-state index contributed by atoms with van der Waals surface area (Å²) in [4.78, 5) is 28.5. The van der Waals surface area contributed by atoms with E-state index < -0.39 is 0 Å². The molecule has 3 aromatic rings. The first-order chi connectivity index (χ1) is 13.4. The first-order valence-electron chi connectivity index (χ1n) is 9.01. The number of hydrogen-bond acceptors (Lipinski definition) is 3. The van der Waals surface area contributed by atoms with Gasteiger partial charge >= 0.3 is 0 Å². The first-order valence-corrected chi connectivity index (χ1v) is 9.46. The third kappa shape index (κ3) is 4.28. The number of carbonyl (C=O) groups is 2. The van der Waals surface area contributed by atoms with E-state index in [4.69, 9.17) is 0 Å². The molecule has 0 aliphatic rings. The van der Waals surface area contributed by atoms with Crippen LogP contribution in [0.15, 0.2) is 59.6 Å². The van der Waals surface area contributed by atoms with Gasteiger partial charge in [0, 0.05) is 11.8 Å². The zero-order valence-corrected chi connectivity index (χ0v) is 16.9. The minimum atomic E-state index is -0.259. The van der Waals surface area contributed by atoms with Crippen molar-refractivity contribution in [1.82, 2.24) is 10.3 Å². The molecule has 0 aliphatic heterocycles. The van der Waals surface area contributed by atoms with Crippen molar-refractivity contribution in [3.05, 3.63) is 82.5 Å². The second kappa shape index (κ2) is 8.35. The quantitative estimate of drug-likeness (QED) is 0.476. The van der Waals surface area contributed by atoms with Gasteiger partial charge in [-0.1, -0.05) is 48.0 Å². The van der Waals surface area contributed by atoms with Gasteiger partial charge in [0.25, 0.3) is 11.8 Å². The summed E-state index contributed by atoms with van der Waals surface area (Å²) in [5.74, 6) is -0.120. The maximum absolute atomic E-state index is 12.6. The molecular formula is C22H23N3O2S. The molecule has 0 unspecified atom stereocenters. The zero-order chi connectivity index (χ0) is 20.3. The largest absolute Gasteiger partial charge is 0.346 e. The lowest BCUT2D eigenvalue weighted by Gasteiger charge is -2.14. The van der Waals surface area contributed by atoms with Crippen molar-refractivity contribution >= 4 is 30.3 Å². The molecule has 6 heteroatoms. The fourth-order valence-corrected chi connectivity index (χ4v) is 3.19. The van der Waals surface area contributed by atoms with Crippen molar-refractivity contribution in [2.45, 2.75) is 31.7 Å². The minimum Gasteiger partial charge on any atom is -0.346 e. The van der Waals surface area contributed by atoms with Crippen molar-refractivity contribution in [2.75, 3.05) is 5.32 Å². The summed E-state index contributed by atoms with van der Waals surface area (Å²) in [7, 11) is 0. The second-order valence-corrected chi connectivity index (χ2v) is 7.25. The molecule has 1 atom stereocenters. The summed E-state index contributed by atoms with van der Waals surface area (Å²) in [6, 6.07) is 15.2. The molecule has 0 saturated heterocycles. The molecule has 144 valence electrons. The Kier molecular flexibility index (Phi) is 5.90. The van der Waals surface area contributed by atoms with Crippen LogP contribution in [-0.2, 0) is 0 Å². The molecule has 5 nitrogen and oxygen atoms in total. The molecule has 3 N–H and O–H groups in total. The standard InChI is InChI=1S/C22H23N3O2S/c1-13-8-10-16(11-9-13)15(3)24-22(27)18-12-23-20(19(18)28)25-21(26)17-7-5-4-6-14(17)2/h4-12,15,23,28H,1-3H3,(H,24,27)(H,25,26)/t15-/m1/s1. The Hall–Kier alpha value is -2.99. The number of hydrogen-bond donors (Lipinski definition) is 4. The van der Waals surface area contributed by atoms with Crippen LogP contribution < -0.4 is 10.6 Å². The zero-order valence-electron chi connectivity index (χ0n) is 16.0. The van der Waals surface area contributed by atoms with E-state index in [-0.39, 0.29) is 17.9 Å². The van der Waals surface area contributed by atoms with Crippen LogP contribution in [0.2, 0.25) is 0 Å². The highest BCUT2D eigenvalue weighted by Gasteiger charge is 2.19. The van der Waals surface area contributed by atoms with Crippen LogP contribution in [0.5, 0.6) is 0 Å². The molecule has 0 fully saturated rings. The molecule has 1 heterocycles. The van der Waals surface area contributed by atoms with E-state index in [1.165, 1.54) is 5.56 Å². The Labute approximate surface area is 170 Å². The highest BCUT2D eigenvalue weighted by atomic mass is 32.1. The van der Waals surface area contributed by atoms with Gasteiger partial charge in [0.2, 0.25) is 0 Å². The maximum atomic E-state index is 12.6. The maximum Gasteiger partial charge on any atom is 0.257 e. The van der Waals surface area contributed by atoms with Gasteiger partial charge in [0.15, 0.2) is 0 Å². The number of aryl methyl sites for hydroxylation is 2. The van der Waals surface area contributed by atoms with E-state index in [9.17, 15) is 9.59 Å². The molecule has 0 aliphatic carbocycles. The van der Waals surface area contributed by atoms with Gasteiger partial charge in [-0.3, -0.25) is 9.59 Å². The predicted octanol–water partition coefficient (Wildman–Crippen LogP) is 4.66. The van der Waals surface area contributed by atoms with E-state index >= 15 is 0 Å². The van der Waals surface area contributed by atoms with E-state index in [1.807, 2.05) is 63.2 Å². The highest BCUT2D eigenvalue weighted by Crippen LogP contribution is 2.25. The minimum absolute atomic E-state index is 0.152. The number of anilines is 1. The molecule has 0 saturated carbocycles. The number of aromatic amines is 1. The number of H-pyrrole nitrogens is 1. The highest BCUT2D eigenvalue weighted by molar-refractivity contribution is 7.80. The monoisotopic (exact) mass is 393 g/mol. The summed E-state index contributed by atoms with van der Waals surface area (Å²) >= 11 is 4.43. The fraction of sp³-hybridized carbons (Fsp3) is 0.182. The van der Waals surface area contributed by atoms with Crippen molar-refractivity contribution in [2.24, 2.45) is 0 Å². The van der Waals surface area contributed by atoms with E-state index in [2.05, 4.69) is 28.2 Å². The molecule has 28 heavy (non-hydrogen) atoms. The number of aromatic nitrogens is 1. The SMILES string of the molecule is Cc1ccc([C@@H](C)NC(=O)c2c[nH]c(NC(=O)c3ccccc3C)c2S)cc1. The van der Waals surface area contributed by atoms with Gasteiger partial charge in [0.05, 0.1) is 16.5 Å². The number of carbonyl (C=O) groups excluding carboxylic acids is 2. The summed E-state index contributed by atoms with van der Waals surface area (Å²) in [5.41, 5.74) is 4.01. The number of benzene rings is 2. The third-order valence-corrected chi connectivity index (χ3v) is 5.12. The summed E-state index contributed by atoms with van der Waals surface area (Å²) in [5, 5.41) is 5.74. The molecule has 0 spiro atoms. The van der Waals surface area contributed by atoms with Crippen molar-refractivity contribution in [3.63, 3.8) is 0 Å². The fourth-order valence-electron chi connectivity index (χ4n) is 2.91. The Morgan fingerprint density at radius 1 is 0.964 bits per heavy atom. The second-order valence-electron chi connectivity index (χ2n) is 6.80. The van der Waals surface area contributed by atoms with Gasteiger partial charge in [-0.2, -0.15) is 0 Å². The van der Waals surface area contributed by atoms with Crippen LogP contribution in [0.4, 0.5) is 5.82 Å². The van der Waals surface area contributed by atoms with Crippen LogP contribution in [0.25, 0.3) is 0 Å². The predicted molar refractivity (Wildman–Crippen MR) is 114 cm³/mol. The summed E-state index contributed by atoms with van der Waals surface area (Å²) in [6.07, 6.45) is 1.55. The van der Waals surface area contributed by atoms with Crippen molar-refractivity contribution in [3.8, 4) is 0 Å². The lowest BCUT2D eigenvalue weighted by atomic mass is 10.1. The van der Waals surface area contributed by atoms with E-state index in [1.54, 1.807) is 12.3 Å². The summed E-state index contributed by atoms with van der Waals surface area (Å²) in [6.45, 7) is 5.82. The summed E-state index contributed by atoms with van der Waals surface area (Å²) < 4.78 is 0. The van der Waals surface area contributed by atoms with Crippen molar-refractivity contribution < 1.29 is 9.59 Å². The van der Waals surface area contributed by atoms with Gasteiger partial charge in [-0.25, -0.2) is 0 Å². The molecule has 0 radical (unpaired) electrons. The van der Waals surface area contributed by atoms with E-state index in [0.717, 1.165) is 11.1 Å². The molecular weight excluding hydrogens is 370 g/mol.